The number of benzene rings is 2. The zero-order valence-corrected chi connectivity index (χ0v) is 17.1. The van der Waals surface area contributed by atoms with Gasteiger partial charge in [-0.25, -0.2) is 12.8 Å². The van der Waals surface area contributed by atoms with Crippen molar-refractivity contribution < 1.29 is 17.6 Å². The maximum atomic E-state index is 12.9. The molecule has 0 unspecified atom stereocenters. The maximum absolute atomic E-state index is 12.9. The third kappa shape index (κ3) is 6.74. The van der Waals surface area contributed by atoms with E-state index in [1.165, 1.54) is 31.4 Å². The maximum Gasteiger partial charge on any atom is 0.241 e. The van der Waals surface area contributed by atoms with Gasteiger partial charge in [-0.15, -0.1) is 0 Å². The van der Waals surface area contributed by atoms with Crippen LogP contribution in [-0.4, -0.2) is 39.7 Å². The molecule has 29 heavy (non-hydrogen) atoms. The minimum Gasteiger partial charge on any atom is -0.372 e. The van der Waals surface area contributed by atoms with Crippen molar-refractivity contribution in [2.45, 2.75) is 25.7 Å². The first-order valence-corrected chi connectivity index (χ1v) is 11.4. The van der Waals surface area contributed by atoms with Crippen LogP contribution in [0, 0.1) is 5.82 Å². The molecule has 156 valence electrons. The quantitative estimate of drug-likeness (QED) is 0.690. The van der Waals surface area contributed by atoms with Crippen molar-refractivity contribution in [2.75, 3.05) is 35.0 Å². The van der Waals surface area contributed by atoms with Gasteiger partial charge < -0.3 is 10.2 Å². The molecular weight excluding hydrogens is 393 g/mol. The number of amides is 1. The highest BCUT2D eigenvalue weighted by atomic mass is 32.2. The van der Waals surface area contributed by atoms with Crippen LogP contribution < -0.4 is 14.9 Å². The van der Waals surface area contributed by atoms with Crippen molar-refractivity contribution in [3.05, 3.63) is 59.9 Å². The predicted molar refractivity (Wildman–Crippen MR) is 113 cm³/mol. The number of hydrogen-bond donors (Lipinski definition) is 2. The Morgan fingerprint density at radius 1 is 0.966 bits per heavy atom. The van der Waals surface area contributed by atoms with Crippen LogP contribution in [0.2, 0.25) is 0 Å². The molecule has 2 N–H and O–H groups in total. The van der Waals surface area contributed by atoms with Crippen molar-refractivity contribution in [3.63, 3.8) is 0 Å². The van der Waals surface area contributed by atoms with Crippen molar-refractivity contribution in [2.24, 2.45) is 0 Å². The molecule has 0 atom stereocenters. The Morgan fingerprint density at radius 2 is 1.62 bits per heavy atom. The van der Waals surface area contributed by atoms with Gasteiger partial charge in [-0.3, -0.25) is 9.52 Å². The fraction of sp³-hybridized carbons (Fsp3) is 0.381. The molecule has 0 aromatic heterocycles. The Bertz CT molecular complexity index is 909. The third-order valence-electron chi connectivity index (χ3n) is 4.83. The summed E-state index contributed by atoms with van der Waals surface area (Å²) in [5.41, 5.74) is 2.37. The van der Waals surface area contributed by atoms with Crippen LogP contribution in [0.3, 0.4) is 0 Å². The highest BCUT2D eigenvalue weighted by Crippen LogP contribution is 2.22. The van der Waals surface area contributed by atoms with Crippen LogP contribution >= 0.6 is 0 Å². The molecule has 0 bridgehead atoms. The van der Waals surface area contributed by atoms with E-state index < -0.39 is 21.7 Å². The standard InChI is InChI=1S/C21H26FN3O3S/c22-18-6-4-17(5-7-18)12-13-23-21(26)16-29(27,28)24-19-8-10-20(11-9-19)25-14-2-1-3-15-25/h4-11,24H,1-3,12-16H2,(H,23,26). The van der Waals surface area contributed by atoms with Gasteiger partial charge in [0, 0.05) is 31.0 Å². The lowest BCUT2D eigenvalue weighted by Crippen LogP contribution is -2.34. The Labute approximate surface area is 171 Å². The van der Waals surface area contributed by atoms with Crippen LogP contribution in [0.5, 0.6) is 0 Å². The summed E-state index contributed by atoms with van der Waals surface area (Å²) < 4.78 is 39.8. The van der Waals surface area contributed by atoms with Gasteiger partial charge in [0.25, 0.3) is 0 Å². The van der Waals surface area contributed by atoms with E-state index in [0.717, 1.165) is 24.3 Å². The average molecular weight is 420 g/mol. The first-order valence-electron chi connectivity index (χ1n) is 9.78. The van der Waals surface area contributed by atoms with Crippen LogP contribution in [0.25, 0.3) is 0 Å². The van der Waals surface area contributed by atoms with Crippen LogP contribution in [0.4, 0.5) is 15.8 Å². The zero-order chi connectivity index (χ0) is 20.7. The highest BCUT2D eigenvalue weighted by molar-refractivity contribution is 7.93. The molecule has 1 saturated heterocycles. The Morgan fingerprint density at radius 3 is 2.28 bits per heavy atom. The number of carbonyl (C=O) groups excluding carboxylic acids is 1. The van der Waals surface area contributed by atoms with E-state index in [1.54, 1.807) is 24.3 Å². The van der Waals surface area contributed by atoms with Gasteiger partial charge in [0.1, 0.15) is 11.6 Å². The van der Waals surface area contributed by atoms with E-state index in [0.29, 0.717) is 12.1 Å². The van der Waals surface area contributed by atoms with E-state index in [4.69, 9.17) is 0 Å². The topological polar surface area (TPSA) is 78.5 Å². The number of carbonyl (C=O) groups is 1. The lowest BCUT2D eigenvalue weighted by molar-refractivity contribution is -0.118. The van der Waals surface area contributed by atoms with Crippen LogP contribution in [0.15, 0.2) is 48.5 Å². The molecule has 1 aliphatic rings. The molecule has 0 saturated carbocycles. The average Bonchev–Trinajstić information content (AvgIpc) is 2.70. The summed E-state index contributed by atoms with van der Waals surface area (Å²) in [6.45, 7) is 2.32. The number of hydrogen-bond acceptors (Lipinski definition) is 4. The lowest BCUT2D eigenvalue weighted by atomic mass is 10.1. The number of piperidine rings is 1. The van der Waals surface area contributed by atoms with Gasteiger partial charge >= 0.3 is 0 Å². The van der Waals surface area contributed by atoms with Gasteiger partial charge in [-0.1, -0.05) is 12.1 Å². The van der Waals surface area contributed by atoms with E-state index in [9.17, 15) is 17.6 Å². The van der Waals surface area contributed by atoms with Gasteiger partial charge in [0.2, 0.25) is 15.9 Å². The Balaban J connectivity index is 1.46. The first-order chi connectivity index (χ1) is 13.9. The van der Waals surface area contributed by atoms with Gasteiger partial charge in [0.15, 0.2) is 0 Å². The number of sulfonamides is 1. The van der Waals surface area contributed by atoms with Crippen molar-refractivity contribution in [3.8, 4) is 0 Å². The van der Waals surface area contributed by atoms with E-state index in [1.807, 2.05) is 12.1 Å². The number of nitrogens with zero attached hydrogens (tertiary/aromatic N) is 1. The zero-order valence-electron chi connectivity index (χ0n) is 16.2. The number of anilines is 2. The Kier molecular flexibility index (Phi) is 7.09. The molecule has 2 aromatic carbocycles. The van der Waals surface area contributed by atoms with Gasteiger partial charge in [-0.2, -0.15) is 0 Å². The van der Waals surface area contributed by atoms with E-state index in [-0.39, 0.29) is 12.4 Å². The summed E-state index contributed by atoms with van der Waals surface area (Å²) in [7, 11) is -3.80. The van der Waals surface area contributed by atoms with Crippen molar-refractivity contribution in [1.29, 1.82) is 0 Å². The molecule has 1 fully saturated rings. The molecule has 2 aromatic rings. The second kappa shape index (κ2) is 9.73. The fourth-order valence-corrected chi connectivity index (χ4v) is 4.34. The predicted octanol–water partition coefficient (Wildman–Crippen LogP) is 2.92. The van der Waals surface area contributed by atoms with Crippen LogP contribution in [0.1, 0.15) is 24.8 Å². The second-order valence-electron chi connectivity index (χ2n) is 7.18. The molecular formula is C21H26FN3O3S. The molecule has 8 heteroatoms. The summed E-state index contributed by atoms with van der Waals surface area (Å²) >= 11 is 0. The number of nitrogens with one attached hydrogen (secondary N) is 2. The minimum atomic E-state index is -3.80. The summed E-state index contributed by atoms with van der Waals surface area (Å²) in [5.74, 6) is -1.55. The van der Waals surface area contributed by atoms with Gasteiger partial charge in [-0.05, 0) is 67.6 Å². The second-order valence-corrected chi connectivity index (χ2v) is 8.90. The first kappa shape index (κ1) is 21.1. The monoisotopic (exact) mass is 419 g/mol. The van der Waals surface area contributed by atoms with Gasteiger partial charge in [0.05, 0.1) is 0 Å². The molecule has 6 nitrogen and oxygen atoms in total. The SMILES string of the molecule is O=C(CS(=O)(=O)Nc1ccc(N2CCCCC2)cc1)NCCc1ccc(F)cc1. The van der Waals surface area contributed by atoms with Crippen LogP contribution in [-0.2, 0) is 21.2 Å². The summed E-state index contributed by atoms with van der Waals surface area (Å²) in [6.07, 6.45) is 4.09. The summed E-state index contributed by atoms with van der Waals surface area (Å²) in [5, 5.41) is 2.58. The van der Waals surface area contributed by atoms with E-state index in [2.05, 4.69) is 14.9 Å². The lowest BCUT2D eigenvalue weighted by Gasteiger charge is -2.28. The molecule has 1 aliphatic heterocycles. The van der Waals surface area contributed by atoms with Crippen molar-refractivity contribution >= 4 is 27.3 Å². The molecule has 0 spiro atoms. The minimum absolute atomic E-state index is 0.282. The highest BCUT2D eigenvalue weighted by Gasteiger charge is 2.17. The number of halogens is 1. The summed E-state index contributed by atoms with van der Waals surface area (Å²) in [6, 6.07) is 13.2. The van der Waals surface area contributed by atoms with Crippen molar-refractivity contribution in [1.82, 2.24) is 5.32 Å². The smallest absolute Gasteiger partial charge is 0.241 e. The molecule has 3 rings (SSSR count). The molecule has 0 radical (unpaired) electrons. The largest absolute Gasteiger partial charge is 0.372 e. The third-order valence-corrected chi connectivity index (χ3v) is 6.02. The fourth-order valence-electron chi connectivity index (χ4n) is 3.33. The summed E-state index contributed by atoms with van der Waals surface area (Å²) in [4.78, 5) is 14.2. The molecule has 0 aliphatic carbocycles. The number of rotatable bonds is 8. The molecule has 1 heterocycles. The normalized spacial score (nSPS) is 14.4. The van der Waals surface area contributed by atoms with E-state index >= 15 is 0 Å². The Hall–Kier alpha value is -2.61. The molecule has 1 amide bonds.